The topological polar surface area (TPSA) is 45.5 Å². The van der Waals surface area contributed by atoms with E-state index in [1.54, 1.807) is 7.11 Å². The molecule has 1 aromatic carbocycles. The molecule has 0 spiro atoms. The number of unbranched alkanes of at least 4 members (excludes halogenated alkanes) is 1. The van der Waals surface area contributed by atoms with Gasteiger partial charge in [-0.15, -0.1) is 0 Å². The van der Waals surface area contributed by atoms with Crippen LogP contribution in [0.4, 0.5) is 0 Å². The van der Waals surface area contributed by atoms with E-state index in [1.165, 1.54) is 0 Å². The maximum Gasteiger partial charge on any atom is 0.195 e. The zero-order valence-electron chi connectivity index (χ0n) is 14.6. The average molecular weight is 330 g/mol. The minimum absolute atomic E-state index is 0.0840. The first-order valence-corrected chi connectivity index (χ1v) is 8.59. The summed E-state index contributed by atoms with van der Waals surface area (Å²) in [5.41, 5.74) is 1.06. The van der Waals surface area contributed by atoms with E-state index in [-0.39, 0.29) is 12.2 Å². The number of aryl methyl sites for hydroxylation is 1. The van der Waals surface area contributed by atoms with Gasteiger partial charge in [0.1, 0.15) is 5.75 Å². The second kappa shape index (κ2) is 7.36. The molecule has 2 atom stereocenters. The Bertz CT molecular complexity index is 615. The van der Waals surface area contributed by atoms with Gasteiger partial charge in [0, 0.05) is 30.9 Å². The molecule has 3 rings (SSSR count). The number of hydrogen-bond donors (Lipinski definition) is 0. The third-order valence-corrected chi connectivity index (χ3v) is 4.67. The highest BCUT2D eigenvalue weighted by atomic mass is 16.8. The molecule has 130 valence electrons. The van der Waals surface area contributed by atoms with E-state index < -0.39 is 5.79 Å². The molecule has 1 aliphatic rings. The number of nitrogens with zero attached hydrogens (tertiary/aromatic N) is 2. The molecular formula is C19H26N2O3. The lowest BCUT2D eigenvalue weighted by atomic mass is 9.99. The maximum absolute atomic E-state index is 6.28. The fourth-order valence-corrected chi connectivity index (χ4v) is 3.13. The van der Waals surface area contributed by atoms with Gasteiger partial charge in [-0.1, -0.05) is 0 Å². The maximum atomic E-state index is 6.28. The lowest BCUT2D eigenvalue weighted by molar-refractivity contribution is -0.187. The molecule has 0 N–H and O–H groups in total. The van der Waals surface area contributed by atoms with Gasteiger partial charge in [-0.05, 0) is 51.0 Å². The summed E-state index contributed by atoms with van der Waals surface area (Å²) in [5, 5.41) is 0. The summed E-state index contributed by atoms with van der Waals surface area (Å²) in [6.07, 6.45) is 8.74. The van der Waals surface area contributed by atoms with Crippen molar-refractivity contribution >= 4 is 0 Å². The molecular weight excluding hydrogens is 304 g/mol. The van der Waals surface area contributed by atoms with Gasteiger partial charge in [-0.2, -0.15) is 0 Å². The second-order valence-corrected chi connectivity index (χ2v) is 6.38. The number of aromatic nitrogens is 2. The fourth-order valence-electron chi connectivity index (χ4n) is 3.13. The molecule has 0 bridgehead atoms. The third-order valence-electron chi connectivity index (χ3n) is 4.67. The van der Waals surface area contributed by atoms with Crippen LogP contribution in [0, 0.1) is 0 Å². The molecule has 5 nitrogen and oxygen atoms in total. The number of rotatable bonds is 7. The molecule has 2 unspecified atom stereocenters. The Morgan fingerprint density at radius 2 is 1.83 bits per heavy atom. The summed E-state index contributed by atoms with van der Waals surface area (Å²) in [5.74, 6) is 0.188. The van der Waals surface area contributed by atoms with E-state index in [0.717, 1.165) is 37.1 Å². The van der Waals surface area contributed by atoms with Crippen molar-refractivity contribution in [2.24, 2.45) is 0 Å². The van der Waals surface area contributed by atoms with E-state index in [4.69, 9.17) is 14.2 Å². The Kier molecular flexibility index (Phi) is 5.21. The van der Waals surface area contributed by atoms with Gasteiger partial charge in [0.15, 0.2) is 5.79 Å². The minimum atomic E-state index is -0.653. The summed E-state index contributed by atoms with van der Waals surface area (Å²) in [6.45, 7) is 5.10. The van der Waals surface area contributed by atoms with Crippen molar-refractivity contribution < 1.29 is 14.2 Å². The van der Waals surface area contributed by atoms with Crippen LogP contribution in [-0.4, -0.2) is 28.9 Å². The normalized spacial score (nSPS) is 26.6. The first-order chi connectivity index (χ1) is 11.6. The molecule has 1 aliphatic heterocycles. The van der Waals surface area contributed by atoms with E-state index in [9.17, 15) is 0 Å². The molecule has 2 aromatic rings. The van der Waals surface area contributed by atoms with Crippen LogP contribution in [0.15, 0.2) is 43.0 Å². The summed E-state index contributed by atoms with van der Waals surface area (Å²) >= 11 is 0. The van der Waals surface area contributed by atoms with Crippen LogP contribution in [0.1, 0.15) is 38.7 Å². The van der Waals surface area contributed by atoms with Gasteiger partial charge in [-0.3, -0.25) is 0 Å². The zero-order valence-corrected chi connectivity index (χ0v) is 14.6. The summed E-state index contributed by atoms with van der Waals surface area (Å²) in [7, 11) is 1.67. The van der Waals surface area contributed by atoms with Crippen LogP contribution >= 0.6 is 0 Å². The van der Waals surface area contributed by atoms with Crippen molar-refractivity contribution in [3.8, 4) is 5.75 Å². The van der Waals surface area contributed by atoms with Gasteiger partial charge in [0.05, 0.1) is 25.6 Å². The summed E-state index contributed by atoms with van der Waals surface area (Å²) in [6, 6.07) is 8.00. The lowest BCUT2D eigenvalue weighted by Crippen LogP contribution is -2.28. The van der Waals surface area contributed by atoms with Gasteiger partial charge in [0.2, 0.25) is 0 Å². The molecule has 0 radical (unpaired) electrons. The first-order valence-electron chi connectivity index (χ1n) is 8.59. The van der Waals surface area contributed by atoms with E-state index in [0.29, 0.717) is 0 Å². The Morgan fingerprint density at radius 3 is 2.42 bits per heavy atom. The molecule has 5 heteroatoms. The SMILES string of the molecule is COc1ccc(C2(CCCCn3ccnc3)OC(C)C(C)O2)cc1. The molecule has 0 amide bonds. The van der Waals surface area contributed by atoms with Crippen molar-refractivity contribution in [1.82, 2.24) is 9.55 Å². The summed E-state index contributed by atoms with van der Waals surface area (Å²) < 4.78 is 19.9. The monoisotopic (exact) mass is 330 g/mol. The van der Waals surface area contributed by atoms with E-state index in [2.05, 4.69) is 23.4 Å². The number of benzene rings is 1. The largest absolute Gasteiger partial charge is 0.497 e. The number of ether oxygens (including phenoxy) is 3. The molecule has 2 heterocycles. The van der Waals surface area contributed by atoms with Gasteiger partial charge in [0.25, 0.3) is 0 Å². The smallest absolute Gasteiger partial charge is 0.195 e. The molecule has 24 heavy (non-hydrogen) atoms. The molecule has 1 aromatic heterocycles. The van der Waals surface area contributed by atoms with E-state index >= 15 is 0 Å². The van der Waals surface area contributed by atoms with E-state index in [1.807, 2.05) is 43.0 Å². The molecule has 1 saturated heterocycles. The molecule has 0 saturated carbocycles. The van der Waals surface area contributed by atoms with Crippen molar-refractivity contribution in [1.29, 1.82) is 0 Å². The standard InChI is InChI=1S/C19H26N2O3/c1-15-16(2)24-19(23-15,17-6-8-18(22-3)9-7-17)10-4-5-12-21-13-11-20-14-21/h6-9,11,13-16H,4-5,10,12H2,1-3H3. The van der Waals surface area contributed by atoms with Crippen LogP contribution in [0.3, 0.4) is 0 Å². The number of hydrogen-bond acceptors (Lipinski definition) is 4. The quantitative estimate of drug-likeness (QED) is 0.726. The Labute approximate surface area is 143 Å². The van der Waals surface area contributed by atoms with Crippen molar-refractivity contribution in [2.75, 3.05) is 7.11 Å². The van der Waals surface area contributed by atoms with Gasteiger partial charge < -0.3 is 18.8 Å². The van der Waals surface area contributed by atoms with Gasteiger partial charge in [-0.25, -0.2) is 4.98 Å². The Hall–Kier alpha value is -1.85. The van der Waals surface area contributed by atoms with Crippen molar-refractivity contribution in [3.63, 3.8) is 0 Å². The average Bonchev–Trinajstić information content (AvgIpc) is 3.21. The fraction of sp³-hybridized carbons (Fsp3) is 0.526. The number of imidazole rings is 1. The third kappa shape index (κ3) is 3.62. The van der Waals surface area contributed by atoms with Crippen LogP contribution in [0.5, 0.6) is 5.75 Å². The highest BCUT2D eigenvalue weighted by molar-refractivity contribution is 5.30. The van der Waals surface area contributed by atoms with Crippen molar-refractivity contribution in [2.45, 2.75) is 57.6 Å². The minimum Gasteiger partial charge on any atom is -0.497 e. The predicted octanol–water partition coefficient (Wildman–Crippen LogP) is 3.74. The second-order valence-electron chi connectivity index (χ2n) is 6.38. The zero-order chi connectivity index (χ0) is 17.0. The number of methoxy groups -OCH3 is 1. The Morgan fingerprint density at radius 1 is 1.12 bits per heavy atom. The molecule has 0 aliphatic carbocycles. The van der Waals surface area contributed by atoms with Crippen LogP contribution in [0.25, 0.3) is 0 Å². The highest BCUT2D eigenvalue weighted by Crippen LogP contribution is 2.42. The lowest BCUT2D eigenvalue weighted by Gasteiger charge is -2.29. The van der Waals surface area contributed by atoms with Crippen LogP contribution in [-0.2, 0) is 21.8 Å². The van der Waals surface area contributed by atoms with Crippen LogP contribution < -0.4 is 4.74 Å². The molecule has 1 fully saturated rings. The predicted molar refractivity (Wildman–Crippen MR) is 91.8 cm³/mol. The highest BCUT2D eigenvalue weighted by Gasteiger charge is 2.44. The van der Waals surface area contributed by atoms with Crippen molar-refractivity contribution in [3.05, 3.63) is 48.5 Å². The first kappa shape index (κ1) is 17.0. The van der Waals surface area contributed by atoms with Gasteiger partial charge >= 0.3 is 0 Å². The summed E-state index contributed by atoms with van der Waals surface area (Å²) in [4.78, 5) is 4.08. The Balaban J connectivity index is 1.68. The van der Waals surface area contributed by atoms with Crippen LogP contribution in [0.2, 0.25) is 0 Å².